The standard InChI is InChI=1S/C17H22N2O2/c1-17(20)8-5-10-19(11-9-17)12-15-13-21-16(18-15)14-6-3-2-4-7-14/h2-4,6-7,13,20H,5,8-12H2,1H3. The highest BCUT2D eigenvalue weighted by Crippen LogP contribution is 2.23. The smallest absolute Gasteiger partial charge is 0.226 e. The van der Waals surface area contributed by atoms with Gasteiger partial charge in [0, 0.05) is 18.7 Å². The van der Waals surface area contributed by atoms with E-state index in [9.17, 15) is 5.11 Å². The van der Waals surface area contributed by atoms with E-state index in [2.05, 4.69) is 9.88 Å². The van der Waals surface area contributed by atoms with Crippen molar-refractivity contribution in [3.8, 4) is 11.5 Å². The zero-order chi connectivity index (χ0) is 14.7. The Morgan fingerprint density at radius 2 is 2.05 bits per heavy atom. The minimum Gasteiger partial charge on any atom is -0.444 e. The molecule has 0 bridgehead atoms. The highest BCUT2D eigenvalue weighted by molar-refractivity contribution is 5.52. The van der Waals surface area contributed by atoms with Gasteiger partial charge in [-0.05, 0) is 44.9 Å². The highest BCUT2D eigenvalue weighted by atomic mass is 16.3. The van der Waals surface area contributed by atoms with E-state index in [1.165, 1.54) is 0 Å². The minimum absolute atomic E-state index is 0.520. The lowest BCUT2D eigenvalue weighted by atomic mass is 9.98. The van der Waals surface area contributed by atoms with E-state index in [1.807, 2.05) is 37.3 Å². The summed E-state index contributed by atoms with van der Waals surface area (Å²) >= 11 is 0. The molecule has 1 aliphatic rings. The van der Waals surface area contributed by atoms with E-state index < -0.39 is 5.60 Å². The van der Waals surface area contributed by atoms with Crippen LogP contribution >= 0.6 is 0 Å². The molecule has 1 aliphatic heterocycles. The predicted molar refractivity (Wildman–Crippen MR) is 81.7 cm³/mol. The highest BCUT2D eigenvalue weighted by Gasteiger charge is 2.25. The number of aromatic nitrogens is 1. The second-order valence-electron chi connectivity index (χ2n) is 6.14. The van der Waals surface area contributed by atoms with Gasteiger partial charge in [-0.25, -0.2) is 4.98 Å². The van der Waals surface area contributed by atoms with Gasteiger partial charge in [0.15, 0.2) is 0 Å². The number of benzene rings is 1. The van der Waals surface area contributed by atoms with Crippen molar-refractivity contribution in [2.75, 3.05) is 13.1 Å². The maximum Gasteiger partial charge on any atom is 0.226 e. The van der Waals surface area contributed by atoms with E-state index in [0.29, 0.717) is 5.89 Å². The number of nitrogens with zero attached hydrogens (tertiary/aromatic N) is 2. The molecule has 1 fully saturated rings. The van der Waals surface area contributed by atoms with E-state index in [-0.39, 0.29) is 0 Å². The van der Waals surface area contributed by atoms with E-state index >= 15 is 0 Å². The molecule has 1 saturated heterocycles. The second kappa shape index (κ2) is 6.00. The summed E-state index contributed by atoms with van der Waals surface area (Å²) in [5.74, 6) is 0.674. The quantitative estimate of drug-likeness (QED) is 0.942. The van der Waals surface area contributed by atoms with Crippen molar-refractivity contribution >= 4 is 0 Å². The molecule has 3 rings (SSSR count). The van der Waals surface area contributed by atoms with Crippen LogP contribution in [0.3, 0.4) is 0 Å². The van der Waals surface area contributed by atoms with Gasteiger partial charge in [0.05, 0.1) is 11.3 Å². The molecule has 0 spiro atoms. The van der Waals surface area contributed by atoms with Crippen LogP contribution in [0.2, 0.25) is 0 Å². The van der Waals surface area contributed by atoms with Crippen molar-refractivity contribution in [2.45, 2.75) is 38.3 Å². The van der Waals surface area contributed by atoms with E-state index in [4.69, 9.17) is 4.42 Å². The first-order valence-electron chi connectivity index (χ1n) is 7.57. The molecule has 1 N–H and O–H groups in total. The number of likely N-dealkylation sites (tertiary alicyclic amines) is 1. The maximum atomic E-state index is 10.1. The van der Waals surface area contributed by atoms with Gasteiger partial charge < -0.3 is 9.52 Å². The van der Waals surface area contributed by atoms with Gasteiger partial charge in [-0.15, -0.1) is 0 Å². The van der Waals surface area contributed by atoms with Gasteiger partial charge in [0.25, 0.3) is 0 Å². The molecule has 4 heteroatoms. The van der Waals surface area contributed by atoms with Gasteiger partial charge in [0.1, 0.15) is 6.26 Å². The fourth-order valence-electron chi connectivity index (χ4n) is 2.80. The SMILES string of the molecule is CC1(O)CCCN(Cc2coc(-c3ccccc3)n2)CC1. The van der Waals surface area contributed by atoms with Crippen LogP contribution in [0.15, 0.2) is 41.0 Å². The van der Waals surface area contributed by atoms with Gasteiger partial charge in [0.2, 0.25) is 5.89 Å². The molecular weight excluding hydrogens is 264 g/mol. The summed E-state index contributed by atoms with van der Waals surface area (Å²) in [7, 11) is 0. The number of hydrogen-bond donors (Lipinski definition) is 1. The molecule has 0 aliphatic carbocycles. The Bertz CT molecular complexity index is 577. The van der Waals surface area contributed by atoms with Crippen LogP contribution in [0.25, 0.3) is 11.5 Å². The summed E-state index contributed by atoms with van der Waals surface area (Å²) in [6.45, 7) is 4.62. The molecule has 0 radical (unpaired) electrons. The van der Waals surface area contributed by atoms with Crippen LogP contribution in [-0.4, -0.2) is 33.7 Å². The molecule has 2 heterocycles. The average Bonchev–Trinajstić information content (AvgIpc) is 2.87. The Morgan fingerprint density at radius 1 is 1.24 bits per heavy atom. The monoisotopic (exact) mass is 286 g/mol. The summed E-state index contributed by atoms with van der Waals surface area (Å²) < 4.78 is 5.58. The first kappa shape index (κ1) is 14.3. The Balaban J connectivity index is 1.65. The molecule has 112 valence electrons. The molecule has 0 amide bonds. The van der Waals surface area contributed by atoms with Crippen molar-refractivity contribution in [3.63, 3.8) is 0 Å². The molecule has 1 aromatic heterocycles. The number of aliphatic hydroxyl groups is 1. The summed E-state index contributed by atoms with van der Waals surface area (Å²) in [4.78, 5) is 6.91. The van der Waals surface area contributed by atoms with E-state index in [1.54, 1.807) is 6.26 Å². The van der Waals surface area contributed by atoms with Crippen LogP contribution in [-0.2, 0) is 6.54 Å². The molecule has 2 aromatic rings. The maximum absolute atomic E-state index is 10.1. The van der Waals surface area contributed by atoms with Crippen molar-refractivity contribution in [1.82, 2.24) is 9.88 Å². The second-order valence-corrected chi connectivity index (χ2v) is 6.14. The Hall–Kier alpha value is -1.65. The topological polar surface area (TPSA) is 49.5 Å². The summed E-state index contributed by atoms with van der Waals surface area (Å²) in [6.07, 6.45) is 4.45. The van der Waals surface area contributed by atoms with Crippen LogP contribution in [0.4, 0.5) is 0 Å². The lowest BCUT2D eigenvalue weighted by molar-refractivity contribution is 0.0444. The minimum atomic E-state index is -0.520. The lowest BCUT2D eigenvalue weighted by Crippen LogP contribution is -2.28. The number of hydrogen-bond acceptors (Lipinski definition) is 4. The molecule has 4 nitrogen and oxygen atoms in total. The van der Waals surface area contributed by atoms with Crippen LogP contribution < -0.4 is 0 Å². The summed E-state index contributed by atoms with van der Waals surface area (Å²) in [6, 6.07) is 9.94. The van der Waals surface area contributed by atoms with Gasteiger partial charge >= 0.3 is 0 Å². The third-order valence-corrected chi connectivity index (χ3v) is 4.11. The largest absolute Gasteiger partial charge is 0.444 e. The van der Waals surface area contributed by atoms with Crippen molar-refractivity contribution in [2.24, 2.45) is 0 Å². The zero-order valence-corrected chi connectivity index (χ0v) is 12.5. The third-order valence-electron chi connectivity index (χ3n) is 4.11. The fraction of sp³-hybridized carbons (Fsp3) is 0.471. The predicted octanol–water partition coefficient (Wildman–Crippen LogP) is 3.08. The van der Waals surface area contributed by atoms with Gasteiger partial charge in [-0.3, -0.25) is 4.90 Å². The van der Waals surface area contributed by atoms with Gasteiger partial charge in [-0.1, -0.05) is 18.2 Å². The Kier molecular flexibility index (Phi) is 4.08. The Morgan fingerprint density at radius 3 is 2.86 bits per heavy atom. The number of rotatable bonds is 3. The van der Waals surface area contributed by atoms with Crippen molar-refractivity contribution in [1.29, 1.82) is 0 Å². The van der Waals surface area contributed by atoms with Crippen LogP contribution in [0.5, 0.6) is 0 Å². The lowest BCUT2D eigenvalue weighted by Gasteiger charge is -2.21. The van der Waals surface area contributed by atoms with E-state index in [0.717, 1.165) is 50.2 Å². The van der Waals surface area contributed by atoms with Crippen LogP contribution in [0.1, 0.15) is 31.9 Å². The van der Waals surface area contributed by atoms with Crippen molar-refractivity contribution in [3.05, 3.63) is 42.3 Å². The summed E-state index contributed by atoms with van der Waals surface area (Å²) in [5.41, 5.74) is 1.44. The van der Waals surface area contributed by atoms with Gasteiger partial charge in [-0.2, -0.15) is 0 Å². The summed E-state index contributed by atoms with van der Waals surface area (Å²) in [5, 5.41) is 10.1. The number of oxazole rings is 1. The fourth-order valence-corrected chi connectivity index (χ4v) is 2.80. The molecule has 1 aromatic carbocycles. The zero-order valence-electron chi connectivity index (χ0n) is 12.5. The molecule has 1 atom stereocenters. The normalized spacial score (nSPS) is 23.9. The average molecular weight is 286 g/mol. The molecule has 1 unspecified atom stereocenters. The molecule has 21 heavy (non-hydrogen) atoms. The van der Waals surface area contributed by atoms with Crippen molar-refractivity contribution < 1.29 is 9.52 Å². The Labute approximate surface area is 125 Å². The molecule has 0 saturated carbocycles. The first-order valence-corrected chi connectivity index (χ1v) is 7.57. The third kappa shape index (κ3) is 3.71. The first-order chi connectivity index (χ1) is 10.1. The van der Waals surface area contributed by atoms with Crippen LogP contribution in [0, 0.1) is 0 Å². The molecular formula is C17H22N2O2.